The fourth-order valence-corrected chi connectivity index (χ4v) is 7.03. The molecule has 4 rings (SSSR count). The molecule has 0 radical (unpaired) electrons. The summed E-state index contributed by atoms with van der Waals surface area (Å²) >= 11 is 0. The van der Waals surface area contributed by atoms with E-state index in [1.165, 1.54) is 123 Å². The van der Waals surface area contributed by atoms with Gasteiger partial charge in [0.15, 0.2) is 0 Å². The molecule has 0 N–H and O–H groups in total. The second-order valence-corrected chi connectivity index (χ2v) is 13.8. The fourth-order valence-electron chi connectivity index (χ4n) is 7.03. The predicted molar refractivity (Wildman–Crippen MR) is 178 cm³/mol. The van der Waals surface area contributed by atoms with E-state index in [0.717, 1.165) is 0 Å². The Kier molecular flexibility index (Phi) is 10.7. The van der Waals surface area contributed by atoms with Crippen molar-refractivity contribution >= 4 is 0 Å². The standard InChI is InChI=1S/C40H56/c1-7-9-11-13-15-17-27-40(28-18-16-14-12-10-8-2)37-29-31(3)19-25-35(37)36-26-22-33(30-38(36)40)32-20-23-34(24-21-32)39(4,5)6/h19-26,29-30H,7-18,27-28H2,1-6H3. The van der Waals surface area contributed by atoms with Gasteiger partial charge in [0.2, 0.25) is 0 Å². The molecular formula is C40H56. The van der Waals surface area contributed by atoms with Gasteiger partial charge < -0.3 is 0 Å². The van der Waals surface area contributed by atoms with Crippen molar-refractivity contribution in [3.63, 3.8) is 0 Å². The first-order valence-corrected chi connectivity index (χ1v) is 16.7. The summed E-state index contributed by atoms with van der Waals surface area (Å²) in [5, 5.41) is 0. The summed E-state index contributed by atoms with van der Waals surface area (Å²) in [6.07, 6.45) is 18.9. The van der Waals surface area contributed by atoms with Crippen molar-refractivity contribution < 1.29 is 0 Å². The van der Waals surface area contributed by atoms with Crippen molar-refractivity contribution in [2.24, 2.45) is 0 Å². The Morgan fingerprint density at radius 2 is 1.00 bits per heavy atom. The van der Waals surface area contributed by atoms with E-state index in [2.05, 4.69) is 102 Å². The molecule has 0 aliphatic heterocycles. The molecule has 0 amide bonds. The van der Waals surface area contributed by atoms with Crippen LogP contribution in [0, 0.1) is 6.92 Å². The average molecular weight is 537 g/mol. The van der Waals surface area contributed by atoms with Crippen LogP contribution in [0.25, 0.3) is 22.3 Å². The third-order valence-electron chi connectivity index (χ3n) is 9.51. The molecule has 0 atom stereocenters. The maximum Gasteiger partial charge on any atom is 0.0215 e. The van der Waals surface area contributed by atoms with E-state index in [9.17, 15) is 0 Å². The van der Waals surface area contributed by atoms with Crippen LogP contribution < -0.4 is 0 Å². The van der Waals surface area contributed by atoms with Gasteiger partial charge in [-0.2, -0.15) is 0 Å². The second kappa shape index (κ2) is 14.0. The van der Waals surface area contributed by atoms with Gasteiger partial charge in [-0.05, 0) is 70.2 Å². The summed E-state index contributed by atoms with van der Waals surface area (Å²) in [7, 11) is 0. The van der Waals surface area contributed by atoms with E-state index >= 15 is 0 Å². The van der Waals surface area contributed by atoms with Gasteiger partial charge >= 0.3 is 0 Å². The number of hydrogen-bond acceptors (Lipinski definition) is 0. The molecular weight excluding hydrogens is 480 g/mol. The van der Waals surface area contributed by atoms with E-state index in [1.807, 2.05) is 0 Å². The Balaban J connectivity index is 1.70. The number of benzene rings is 3. The number of hydrogen-bond donors (Lipinski definition) is 0. The molecule has 1 aliphatic rings. The summed E-state index contributed by atoms with van der Waals surface area (Å²) in [5.41, 5.74) is 12.1. The smallest absolute Gasteiger partial charge is 0.0215 e. The molecule has 0 nitrogen and oxygen atoms in total. The van der Waals surface area contributed by atoms with Gasteiger partial charge in [0.1, 0.15) is 0 Å². The largest absolute Gasteiger partial charge is 0.0654 e. The highest BCUT2D eigenvalue weighted by Gasteiger charge is 2.42. The van der Waals surface area contributed by atoms with Crippen LogP contribution in [0.3, 0.4) is 0 Å². The highest BCUT2D eigenvalue weighted by molar-refractivity contribution is 5.84. The minimum Gasteiger partial charge on any atom is -0.0654 e. The lowest BCUT2D eigenvalue weighted by Gasteiger charge is -2.33. The maximum atomic E-state index is 2.59. The Labute approximate surface area is 247 Å². The molecule has 3 aromatic carbocycles. The molecule has 0 heteroatoms. The average Bonchev–Trinajstić information content (AvgIpc) is 3.20. The van der Waals surface area contributed by atoms with Crippen LogP contribution in [0.15, 0.2) is 60.7 Å². The lowest BCUT2D eigenvalue weighted by atomic mass is 9.70. The van der Waals surface area contributed by atoms with E-state index in [4.69, 9.17) is 0 Å². The quantitative estimate of drug-likeness (QED) is 0.169. The molecule has 0 bridgehead atoms. The van der Waals surface area contributed by atoms with Crippen molar-refractivity contribution in [3.05, 3.63) is 82.9 Å². The monoisotopic (exact) mass is 536 g/mol. The van der Waals surface area contributed by atoms with E-state index in [1.54, 1.807) is 11.1 Å². The Morgan fingerprint density at radius 1 is 0.525 bits per heavy atom. The molecule has 0 fully saturated rings. The van der Waals surface area contributed by atoms with Crippen LogP contribution in [-0.2, 0) is 10.8 Å². The third kappa shape index (κ3) is 7.10. The highest BCUT2D eigenvalue weighted by Crippen LogP contribution is 2.55. The van der Waals surface area contributed by atoms with Gasteiger partial charge in [0.25, 0.3) is 0 Å². The minimum absolute atomic E-state index is 0.146. The maximum absolute atomic E-state index is 2.59. The SMILES string of the molecule is CCCCCCCCC1(CCCCCCCC)c2cc(C)ccc2-c2ccc(-c3ccc(C(C)(C)C)cc3)cc21. The Hall–Kier alpha value is -2.34. The first kappa shape index (κ1) is 30.6. The zero-order valence-electron chi connectivity index (χ0n) is 26.7. The topological polar surface area (TPSA) is 0 Å². The van der Waals surface area contributed by atoms with Gasteiger partial charge in [-0.1, -0.05) is 172 Å². The van der Waals surface area contributed by atoms with Crippen molar-refractivity contribution in [2.75, 3.05) is 0 Å². The Bertz CT molecular complexity index is 1190. The van der Waals surface area contributed by atoms with Gasteiger partial charge in [-0.3, -0.25) is 0 Å². The van der Waals surface area contributed by atoms with Gasteiger partial charge in [0.05, 0.1) is 0 Å². The highest BCUT2D eigenvalue weighted by atomic mass is 14.4. The lowest BCUT2D eigenvalue weighted by Crippen LogP contribution is -2.25. The normalized spacial score (nSPS) is 13.8. The third-order valence-corrected chi connectivity index (χ3v) is 9.51. The summed E-state index contributed by atoms with van der Waals surface area (Å²) in [6.45, 7) is 13.8. The van der Waals surface area contributed by atoms with Crippen LogP contribution in [0.5, 0.6) is 0 Å². The second-order valence-electron chi connectivity index (χ2n) is 13.8. The van der Waals surface area contributed by atoms with Crippen LogP contribution in [0.4, 0.5) is 0 Å². The molecule has 40 heavy (non-hydrogen) atoms. The van der Waals surface area contributed by atoms with E-state index < -0.39 is 0 Å². The molecule has 216 valence electrons. The van der Waals surface area contributed by atoms with Crippen LogP contribution in [0.1, 0.15) is 147 Å². The van der Waals surface area contributed by atoms with Crippen LogP contribution in [-0.4, -0.2) is 0 Å². The van der Waals surface area contributed by atoms with Crippen molar-refractivity contribution in [3.8, 4) is 22.3 Å². The van der Waals surface area contributed by atoms with E-state index in [-0.39, 0.29) is 10.8 Å². The van der Waals surface area contributed by atoms with Crippen molar-refractivity contribution in [1.29, 1.82) is 0 Å². The van der Waals surface area contributed by atoms with Gasteiger partial charge in [-0.15, -0.1) is 0 Å². The van der Waals surface area contributed by atoms with Gasteiger partial charge in [0, 0.05) is 5.41 Å². The summed E-state index contributed by atoms with van der Waals surface area (Å²) in [4.78, 5) is 0. The molecule has 0 saturated heterocycles. The fraction of sp³-hybridized carbons (Fsp3) is 0.550. The summed E-state index contributed by atoms with van der Waals surface area (Å²) in [5.74, 6) is 0. The number of unbranched alkanes of at least 4 members (excludes halogenated alkanes) is 10. The number of rotatable bonds is 15. The van der Waals surface area contributed by atoms with Crippen molar-refractivity contribution in [1.82, 2.24) is 0 Å². The molecule has 0 heterocycles. The molecule has 0 saturated carbocycles. The zero-order chi connectivity index (χ0) is 28.6. The van der Waals surface area contributed by atoms with E-state index in [0.29, 0.717) is 0 Å². The van der Waals surface area contributed by atoms with Crippen molar-refractivity contribution in [2.45, 2.75) is 142 Å². The molecule has 1 aliphatic carbocycles. The molecule has 0 aromatic heterocycles. The summed E-state index contributed by atoms with van der Waals surface area (Å²) < 4.78 is 0. The number of aryl methyl sites for hydroxylation is 1. The number of fused-ring (bicyclic) bond motifs is 3. The molecule has 3 aromatic rings. The van der Waals surface area contributed by atoms with Gasteiger partial charge in [-0.25, -0.2) is 0 Å². The first-order chi connectivity index (χ1) is 19.3. The first-order valence-electron chi connectivity index (χ1n) is 16.7. The lowest BCUT2D eigenvalue weighted by molar-refractivity contribution is 0.398. The van der Waals surface area contributed by atoms with Crippen LogP contribution in [0.2, 0.25) is 0 Å². The molecule has 0 spiro atoms. The molecule has 0 unspecified atom stereocenters. The summed E-state index contributed by atoms with van der Waals surface area (Å²) in [6, 6.07) is 24.1. The predicted octanol–water partition coefficient (Wildman–Crippen LogP) is 12.7. The zero-order valence-corrected chi connectivity index (χ0v) is 26.7. The minimum atomic E-state index is 0.146. The Morgan fingerprint density at radius 3 is 1.55 bits per heavy atom. The van der Waals surface area contributed by atoms with Crippen LogP contribution >= 0.6 is 0 Å².